The van der Waals surface area contributed by atoms with E-state index in [1.165, 1.54) is 6.42 Å². The molecule has 1 rings (SSSR count). The summed E-state index contributed by atoms with van der Waals surface area (Å²) < 4.78 is 0. The lowest BCUT2D eigenvalue weighted by Gasteiger charge is -2.16. The molecule has 1 heterocycles. The first kappa shape index (κ1) is 8.97. The molecule has 1 aliphatic heterocycles. The van der Waals surface area contributed by atoms with Gasteiger partial charge in [0.1, 0.15) is 0 Å². The third-order valence-electron chi connectivity index (χ3n) is 2.23. The zero-order chi connectivity index (χ0) is 8.27. The zero-order valence-electron chi connectivity index (χ0n) is 7.16. The van der Waals surface area contributed by atoms with Gasteiger partial charge in [-0.15, -0.1) is 0 Å². The summed E-state index contributed by atoms with van der Waals surface area (Å²) >= 11 is 0. The van der Waals surface area contributed by atoms with E-state index in [-0.39, 0.29) is 6.10 Å². The standard InChI is InChI=1S/C8H18N2O/c1-7(11)5-10-3-2-8(4-9)6-10/h7-8,11H,2-6,9H2,1H3/t7-,8?/m0/s1. The maximum Gasteiger partial charge on any atom is 0.0639 e. The molecule has 0 bridgehead atoms. The lowest BCUT2D eigenvalue weighted by Crippen LogP contribution is -2.29. The minimum atomic E-state index is -0.202. The van der Waals surface area contributed by atoms with E-state index in [1.807, 2.05) is 6.92 Å². The Balaban J connectivity index is 2.19. The highest BCUT2D eigenvalue weighted by molar-refractivity contribution is 4.76. The van der Waals surface area contributed by atoms with Gasteiger partial charge in [-0.2, -0.15) is 0 Å². The van der Waals surface area contributed by atoms with E-state index >= 15 is 0 Å². The number of likely N-dealkylation sites (tertiary alicyclic amines) is 1. The Morgan fingerprint density at radius 3 is 2.91 bits per heavy atom. The van der Waals surface area contributed by atoms with Crippen LogP contribution in [0.15, 0.2) is 0 Å². The molecule has 3 N–H and O–H groups in total. The summed E-state index contributed by atoms with van der Waals surface area (Å²) in [6, 6.07) is 0. The van der Waals surface area contributed by atoms with Crippen LogP contribution >= 0.6 is 0 Å². The average molecular weight is 158 g/mol. The molecular formula is C8H18N2O. The Kier molecular flexibility index (Phi) is 3.30. The molecule has 0 amide bonds. The molecule has 3 nitrogen and oxygen atoms in total. The number of β-amino-alcohol motifs (C(OH)–C–C–N with tert-alkyl or cyclic N) is 1. The average Bonchev–Trinajstić information content (AvgIpc) is 2.34. The number of nitrogens with two attached hydrogens (primary N) is 1. The molecule has 1 unspecified atom stereocenters. The van der Waals surface area contributed by atoms with Gasteiger partial charge in [-0.25, -0.2) is 0 Å². The van der Waals surface area contributed by atoms with Crippen LogP contribution in [-0.4, -0.2) is 42.3 Å². The molecule has 0 spiro atoms. The monoisotopic (exact) mass is 158 g/mol. The highest BCUT2D eigenvalue weighted by atomic mass is 16.3. The first-order valence-electron chi connectivity index (χ1n) is 4.33. The number of rotatable bonds is 3. The second-order valence-corrected chi connectivity index (χ2v) is 3.50. The quantitative estimate of drug-likeness (QED) is 0.590. The topological polar surface area (TPSA) is 49.5 Å². The number of hydrogen-bond acceptors (Lipinski definition) is 3. The molecule has 1 aliphatic rings. The van der Waals surface area contributed by atoms with E-state index in [2.05, 4.69) is 4.90 Å². The van der Waals surface area contributed by atoms with Gasteiger partial charge in [0.2, 0.25) is 0 Å². The molecule has 0 aromatic heterocycles. The number of hydrogen-bond donors (Lipinski definition) is 2. The first-order valence-corrected chi connectivity index (χ1v) is 4.33. The predicted octanol–water partition coefficient (Wildman–Crippen LogP) is -0.352. The van der Waals surface area contributed by atoms with Crippen LogP contribution in [0.25, 0.3) is 0 Å². The summed E-state index contributed by atoms with van der Waals surface area (Å²) in [6.45, 7) is 5.59. The second kappa shape index (κ2) is 4.04. The van der Waals surface area contributed by atoms with Crippen LogP contribution in [-0.2, 0) is 0 Å². The summed E-state index contributed by atoms with van der Waals surface area (Å²) in [4.78, 5) is 2.28. The minimum Gasteiger partial charge on any atom is -0.392 e. The number of aliphatic hydroxyl groups is 1. The summed E-state index contributed by atoms with van der Waals surface area (Å²) in [6.07, 6.45) is 0.995. The van der Waals surface area contributed by atoms with E-state index in [0.29, 0.717) is 5.92 Å². The van der Waals surface area contributed by atoms with Gasteiger partial charge in [-0.3, -0.25) is 0 Å². The number of aliphatic hydroxyl groups excluding tert-OH is 1. The maximum atomic E-state index is 9.10. The van der Waals surface area contributed by atoms with Crippen molar-refractivity contribution in [1.82, 2.24) is 4.90 Å². The number of nitrogens with zero attached hydrogens (tertiary/aromatic N) is 1. The fourth-order valence-corrected chi connectivity index (χ4v) is 1.64. The van der Waals surface area contributed by atoms with Gasteiger partial charge in [0.25, 0.3) is 0 Å². The van der Waals surface area contributed by atoms with Crippen molar-refractivity contribution < 1.29 is 5.11 Å². The molecular weight excluding hydrogens is 140 g/mol. The van der Waals surface area contributed by atoms with Crippen molar-refractivity contribution in [2.45, 2.75) is 19.4 Å². The fourth-order valence-electron chi connectivity index (χ4n) is 1.64. The van der Waals surface area contributed by atoms with Crippen LogP contribution in [0.5, 0.6) is 0 Å². The SMILES string of the molecule is C[C@H](O)CN1CCC(CN)C1. The lowest BCUT2D eigenvalue weighted by atomic mass is 10.1. The Morgan fingerprint density at radius 1 is 1.73 bits per heavy atom. The van der Waals surface area contributed by atoms with Crippen molar-refractivity contribution in [3.8, 4) is 0 Å². The summed E-state index contributed by atoms with van der Waals surface area (Å²) in [5, 5.41) is 9.10. The zero-order valence-corrected chi connectivity index (χ0v) is 7.16. The van der Waals surface area contributed by atoms with E-state index < -0.39 is 0 Å². The highest BCUT2D eigenvalue weighted by Crippen LogP contribution is 2.14. The fraction of sp³-hybridized carbons (Fsp3) is 1.00. The van der Waals surface area contributed by atoms with Crippen molar-refractivity contribution in [3.63, 3.8) is 0 Å². The molecule has 0 aromatic rings. The van der Waals surface area contributed by atoms with Crippen LogP contribution < -0.4 is 5.73 Å². The van der Waals surface area contributed by atoms with Crippen molar-refractivity contribution in [2.24, 2.45) is 11.7 Å². The van der Waals surface area contributed by atoms with Crippen LogP contribution in [0.2, 0.25) is 0 Å². The molecule has 0 aliphatic carbocycles. The van der Waals surface area contributed by atoms with Crippen molar-refractivity contribution in [2.75, 3.05) is 26.2 Å². The van der Waals surface area contributed by atoms with Gasteiger partial charge in [-0.1, -0.05) is 0 Å². The van der Waals surface area contributed by atoms with Crippen molar-refractivity contribution >= 4 is 0 Å². The predicted molar refractivity (Wildman–Crippen MR) is 45.3 cm³/mol. The summed E-state index contributed by atoms with van der Waals surface area (Å²) in [5.74, 6) is 0.661. The highest BCUT2D eigenvalue weighted by Gasteiger charge is 2.21. The van der Waals surface area contributed by atoms with Gasteiger partial charge in [-0.05, 0) is 32.4 Å². The van der Waals surface area contributed by atoms with Gasteiger partial charge in [0.15, 0.2) is 0 Å². The van der Waals surface area contributed by atoms with Gasteiger partial charge < -0.3 is 15.7 Å². The molecule has 0 aromatic carbocycles. The molecule has 1 saturated heterocycles. The Bertz CT molecular complexity index is 117. The smallest absolute Gasteiger partial charge is 0.0639 e. The maximum absolute atomic E-state index is 9.10. The first-order chi connectivity index (χ1) is 5.22. The largest absolute Gasteiger partial charge is 0.392 e. The van der Waals surface area contributed by atoms with Crippen LogP contribution in [0.3, 0.4) is 0 Å². The molecule has 1 fully saturated rings. The van der Waals surface area contributed by atoms with E-state index in [0.717, 1.165) is 26.2 Å². The normalized spacial score (nSPS) is 29.2. The van der Waals surface area contributed by atoms with Crippen LogP contribution in [0.1, 0.15) is 13.3 Å². The van der Waals surface area contributed by atoms with Crippen LogP contribution in [0, 0.1) is 5.92 Å². The van der Waals surface area contributed by atoms with Gasteiger partial charge >= 0.3 is 0 Å². The van der Waals surface area contributed by atoms with E-state index in [1.54, 1.807) is 0 Å². The third-order valence-corrected chi connectivity index (χ3v) is 2.23. The second-order valence-electron chi connectivity index (χ2n) is 3.50. The van der Waals surface area contributed by atoms with Crippen molar-refractivity contribution in [1.29, 1.82) is 0 Å². The molecule has 0 saturated carbocycles. The lowest BCUT2D eigenvalue weighted by molar-refractivity contribution is 0.139. The van der Waals surface area contributed by atoms with Gasteiger partial charge in [0.05, 0.1) is 6.10 Å². The van der Waals surface area contributed by atoms with E-state index in [4.69, 9.17) is 10.8 Å². The molecule has 0 radical (unpaired) electrons. The molecule has 66 valence electrons. The summed E-state index contributed by atoms with van der Waals surface area (Å²) in [7, 11) is 0. The van der Waals surface area contributed by atoms with Crippen molar-refractivity contribution in [3.05, 3.63) is 0 Å². The van der Waals surface area contributed by atoms with E-state index in [9.17, 15) is 0 Å². The molecule has 11 heavy (non-hydrogen) atoms. The van der Waals surface area contributed by atoms with Gasteiger partial charge in [0, 0.05) is 13.1 Å². The molecule has 2 atom stereocenters. The summed E-state index contributed by atoms with van der Waals surface area (Å²) in [5.41, 5.74) is 5.54. The minimum absolute atomic E-state index is 0.202. The Labute approximate surface area is 68.2 Å². The third kappa shape index (κ3) is 2.77. The Hall–Kier alpha value is -0.120. The molecule has 3 heteroatoms. The van der Waals surface area contributed by atoms with Crippen LogP contribution in [0.4, 0.5) is 0 Å². The Morgan fingerprint density at radius 2 is 2.45 bits per heavy atom.